The molecule has 3 nitrogen and oxygen atoms in total. The van der Waals surface area contributed by atoms with Crippen LogP contribution in [0.1, 0.15) is 59.7 Å². The lowest BCUT2D eigenvalue weighted by molar-refractivity contribution is -0.118. The Morgan fingerprint density at radius 2 is 1.49 bits per heavy atom. The number of fused-ring (bicyclic) bond motifs is 2. The number of carbonyl (C=O) groups is 2. The number of anilines is 1. The molecule has 1 unspecified atom stereocenters. The summed E-state index contributed by atoms with van der Waals surface area (Å²) >= 11 is 3.54. The van der Waals surface area contributed by atoms with E-state index in [0.717, 1.165) is 44.7 Å². The molecule has 0 aromatic heterocycles. The van der Waals surface area contributed by atoms with Gasteiger partial charge in [-0.1, -0.05) is 83.9 Å². The van der Waals surface area contributed by atoms with Gasteiger partial charge in [0.2, 0.25) is 0 Å². The second-order valence-corrected chi connectivity index (χ2v) is 11.5. The Kier molecular flexibility index (Phi) is 5.01. The first-order chi connectivity index (χ1) is 16.7. The smallest absolute Gasteiger partial charge is 0.192 e. The predicted octanol–water partition coefficient (Wildman–Crippen LogP) is 7.61. The Labute approximate surface area is 214 Å². The molecule has 0 fully saturated rings. The number of hydrogen-bond acceptors (Lipinski definition) is 3. The number of Topliss-reactive ketones (excluding diaryl/α,β-unsaturated/α-hetero) is 2. The molecule has 1 atom stereocenters. The fourth-order valence-electron chi connectivity index (χ4n) is 5.87. The lowest BCUT2D eigenvalue weighted by Gasteiger charge is -2.44. The molecule has 3 aliphatic rings. The molecule has 2 aliphatic carbocycles. The third kappa shape index (κ3) is 3.46. The summed E-state index contributed by atoms with van der Waals surface area (Å²) in [5, 5.41) is 0. The fraction of sp³-hybridized carbons (Fsp3) is 0.226. The molecular weight excluding hydrogens is 498 g/mol. The second-order valence-electron chi connectivity index (χ2n) is 10.6. The fourth-order valence-corrected chi connectivity index (χ4v) is 6.13. The molecule has 0 saturated heterocycles. The number of hydrogen-bond donors (Lipinski definition) is 0. The minimum Gasteiger partial charge on any atom is -0.313 e. The standard InChI is InChI=1S/C31H26BrNO2/c1-18-8-14-21(15-9-18)33-24-16-31(2,3)17-25(34)27(24)26(19-10-12-20(32)13-11-19)28-29(33)22-6-4-5-7-23(22)30(28)35/h4-15,26H,16-17H2,1-3H3. The number of allylic oxidation sites excluding steroid dienone is 3. The van der Waals surface area contributed by atoms with Crippen molar-refractivity contribution < 1.29 is 9.59 Å². The predicted molar refractivity (Wildman–Crippen MR) is 143 cm³/mol. The van der Waals surface area contributed by atoms with Crippen LogP contribution in [0.4, 0.5) is 5.69 Å². The average Bonchev–Trinajstić information content (AvgIpc) is 3.11. The van der Waals surface area contributed by atoms with Crippen LogP contribution in [-0.2, 0) is 4.79 Å². The van der Waals surface area contributed by atoms with Gasteiger partial charge in [-0.2, -0.15) is 0 Å². The molecule has 1 aliphatic heterocycles. The van der Waals surface area contributed by atoms with Crippen LogP contribution >= 0.6 is 15.9 Å². The molecule has 0 spiro atoms. The van der Waals surface area contributed by atoms with Crippen molar-refractivity contribution in [3.8, 4) is 0 Å². The van der Waals surface area contributed by atoms with E-state index >= 15 is 0 Å². The van der Waals surface area contributed by atoms with E-state index in [9.17, 15) is 9.59 Å². The third-order valence-corrected chi connectivity index (χ3v) is 7.92. The van der Waals surface area contributed by atoms with Crippen LogP contribution in [0, 0.1) is 12.3 Å². The summed E-state index contributed by atoms with van der Waals surface area (Å²) in [6.45, 7) is 6.39. The van der Waals surface area contributed by atoms with Crippen LogP contribution in [0.2, 0.25) is 0 Å². The first-order valence-electron chi connectivity index (χ1n) is 12.0. The number of halogens is 1. The van der Waals surface area contributed by atoms with E-state index in [1.54, 1.807) is 0 Å². The number of benzene rings is 3. The molecule has 0 amide bonds. The second kappa shape index (κ2) is 7.89. The quantitative estimate of drug-likeness (QED) is 0.346. The molecule has 4 heteroatoms. The molecule has 0 radical (unpaired) electrons. The molecule has 3 aromatic carbocycles. The molecule has 6 rings (SSSR count). The largest absolute Gasteiger partial charge is 0.313 e. The number of aryl methyl sites for hydroxylation is 1. The van der Waals surface area contributed by atoms with Gasteiger partial charge in [0.1, 0.15) is 0 Å². The molecule has 174 valence electrons. The van der Waals surface area contributed by atoms with Gasteiger partial charge in [0.05, 0.1) is 5.70 Å². The maximum absolute atomic E-state index is 14.0. The van der Waals surface area contributed by atoms with Crippen LogP contribution in [0.15, 0.2) is 94.1 Å². The molecule has 3 aromatic rings. The minimum atomic E-state index is -0.377. The SMILES string of the molecule is Cc1ccc(N2C3=C(C(=O)CC(C)(C)C3)C(c3ccc(Br)cc3)C3=C2c2ccccc2C3=O)cc1. The summed E-state index contributed by atoms with van der Waals surface area (Å²) in [7, 11) is 0. The van der Waals surface area contributed by atoms with Gasteiger partial charge in [0.25, 0.3) is 0 Å². The van der Waals surface area contributed by atoms with Crippen molar-refractivity contribution in [1.29, 1.82) is 0 Å². The number of nitrogens with zero attached hydrogens (tertiary/aromatic N) is 1. The zero-order chi connectivity index (χ0) is 24.5. The zero-order valence-electron chi connectivity index (χ0n) is 20.1. The normalized spacial score (nSPS) is 20.7. The van der Waals surface area contributed by atoms with E-state index < -0.39 is 0 Å². The van der Waals surface area contributed by atoms with Crippen molar-refractivity contribution in [2.45, 2.75) is 39.5 Å². The Balaban J connectivity index is 1.69. The van der Waals surface area contributed by atoms with Crippen molar-refractivity contribution in [2.75, 3.05) is 4.90 Å². The lowest BCUT2D eigenvalue weighted by Crippen LogP contribution is -2.39. The average molecular weight is 524 g/mol. The first-order valence-corrected chi connectivity index (χ1v) is 12.8. The summed E-state index contributed by atoms with van der Waals surface area (Å²) in [5.41, 5.74) is 8.05. The molecule has 0 N–H and O–H groups in total. The highest BCUT2D eigenvalue weighted by atomic mass is 79.9. The Morgan fingerprint density at radius 1 is 0.829 bits per heavy atom. The molecule has 35 heavy (non-hydrogen) atoms. The number of carbonyl (C=O) groups excluding carboxylic acids is 2. The highest BCUT2D eigenvalue weighted by Crippen LogP contribution is 2.56. The highest BCUT2D eigenvalue weighted by Gasteiger charge is 2.49. The Bertz CT molecular complexity index is 1460. The van der Waals surface area contributed by atoms with E-state index in [1.807, 2.05) is 48.5 Å². The molecule has 1 heterocycles. The lowest BCUT2D eigenvalue weighted by atomic mass is 9.68. The van der Waals surface area contributed by atoms with Gasteiger partial charge in [0, 0.05) is 50.5 Å². The monoisotopic (exact) mass is 523 g/mol. The highest BCUT2D eigenvalue weighted by molar-refractivity contribution is 9.10. The summed E-state index contributed by atoms with van der Waals surface area (Å²) in [6, 6.07) is 24.3. The Morgan fingerprint density at radius 3 is 2.17 bits per heavy atom. The van der Waals surface area contributed by atoms with Crippen LogP contribution in [0.3, 0.4) is 0 Å². The van der Waals surface area contributed by atoms with Crippen molar-refractivity contribution >= 4 is 38.9 Å². The van der Waals surface area contributed by atoms with Crippen LogP contribution in [0.25, 0.3) is 5.70 Å². The van der Waals surface area contributed by atoms with Gasteiger partial charge in [-0.05, 0) is 48.6 Å². The van der Waals surface area contributed by atoms with Crippen molar-refractivity contribution in [1.82, 2.24) is 0 Å². The van der Waals surface area contributed by atoms with Crippen molar-refractivity contribution in [3.05, 3.63) is 116 Å². The number of rotatable bonds is 2. The van der Waals surface area contributed by atoms with Gasteiger partial charge in [-0.15, -0.1) is 0 Å². The van der Waals surface area contributed by atoms with E-state index in [-0.39, 0.29) is 22.9 Å². The van der Waals surface area contributed by atoms with Crippen LogP contribution in [-0.4, -0.2) is 11.6 Å². The number of ketones is 2. The zero-order valence-corrected chi connectivity index (χ0v) is 21.6. The van der Waals surface area contributed by atoms with E-state index in [0.29, 0.717) is 17.6 Å². The van der Waals surface area contributed by atoms with E-state index in [1.165, 1.54) is 5.56 Å². The van der Waals surface area contributed by atoms with Gasteiger partial charge < -0.3 is 4.90 Å². The van der Waals surface area contributed by atoms with Crippen molar-refractivity contribution in [3.63, 3.8) is 0 Å². The van der Waals surface area contributed by atoms with E-state index in [2.05, 4.69) is 65.9 Å². The van der Waals surface area contributed by atoms with Gasteiger partial charge >= 0.3 is 0 Å². The first kappa shape index (κ1) is 22.2. The molecule has 0 saturated carbocycles. The summed E-state index contributed by atoms with van der Waals surface area (Å²) in [5.74, 6) is -0.223. The van der Waals surface area contributed by atoms with Gasteiger partial charge in [-0.25, -0.2) is 0 Å². The Hall–Kier alpha value is -3.24. The molecular formula is C31H26BrNO2. The minimum absolute atomic E-state index is 0.0183. The summed E-state index contributed by atoms with van der Waals surface area (Å²) in [4.78, 5) is 30.1. The molecule has 0 bridgehead atoms. The summed E-state index contributed by atoms with van der Waals surface area (Å²) < 4.78 is 0.971. The van der Waals surface area contributed by atoms with Gasteiger partial charge in [0.15, 0.2) is 11.6 Å². The van der Waals surface area contributed by atoms with Crippen LogP contribution in [0.5, 0.6) is 0 Å². The summed E-state index contributed by atoms with van der Waals surface area (Å²) in [6.07, 6.45) is 1.24. The van der Waals surface area contributed by atoms with E-state index in [4.69, 9.17) is 0 Å². The maximum atomic E-state index is 14.0. The maximum Gasteiger partial charge on any atom is 0.192 e. The topological polar surface area (TPSA) is 37.4 Å². The third-order valence-electron chi connectivity index (χ3n) is 7.39. The van der Waals surface area contributed by atoms with Gasteiger partial charge in [-0.3, -0.25) is 9.59 Å². The van der Waals surface area contributed by atoms with Crippen molar-refractivity contribution in [2.24, 2.45) is 5.41 Å². The van der Waals surface area contributed by atoms with Crippen LogP contribution < -0.4 is 4.90 Å².